The Morgan fingerprint density at radius 1 is 1.25 bits per heavy atom. The molecule has 0 aliphatic rings. The van der Waals surface area contributed by atoms with Crippen molar-refractivity contribution in [2.75, 3.05) is 29.4 Å². The van der Waals surface area contributed by atoms with E-state index in [2.05, 4.69) is 6.26 Å². The fourth-order valence-corrected chi connectivity index (χ4v) is 2.08. The highest BCUT2D eigenvalue weighted by Crippen LogP contribution is 2.03. The van der Waals surface area contributed by atoms with Crippen molar-refractivity contribution in [2.45, 2.75) is 0 Å². The number of halogens is 1. The molecule has 0 heterocycles. The Morgan fingerprint density at radius 3 is 2.50 bits per heavy atom. The largest absolute Gasteiger partial charge is 0.165 e. The monoisotopic (exact) mass is 170 g/mol. The minimum atomic E-state index is 0.791. The first-order valence-electron chi connectivity index (χ1n) is 2.54. The van der Waals surface area contributed by atoms with Crippen LogP contribution in [0.15, 0.2) is 0 Å². The molecule has 0 aliphatic carbocycles. The molecule has 0 amide bonds. The molecule has 0 saturated heterocycles. The van der Waals surface area contributed by atoms with Gasteiger partial charge in [0, 0.05) is 23.1 Å². The molecule has 0 bridgehead atoms. The van der Waals surface area contributed by atoms with Gasteiger partial charge in [0.2, 0.25) is 0 Å². The second-order valence-electron chi connectivity index (χ2n) is 1.29. The van der Waals surface area contributed by atoms with Crippen LogP contribution in [-0.2, 0) is 0 Å². The third-order valence-electron chi connectivity index (χ3n) is 0.653. The summed E-state index contributed by atoms with van der Waals surface area (Å²) in [5.41, 5.74) is 0. The highest BCUT2D eigenvalue weighted by atomic mass is 35.5. The van der Waals surface area contributed by atoms with Crippen LogP contribution in [0.5, 0.6) is 0 Å². The molecule has 3 heteroatoms. The Morgan fingerprint density at radius 2 is 2.00 bits per heavy atom. The third-order valence-corrected chi connectivity index (χ3v) is 2.92. The fourth-order valence-electron chi connectivity index (χ4n) is 0.299. The second kappa shape index (κ2) is 7.99. The SMILES string of the molecule is CSCCSCCCl. The standard InChI is InChI=1S/C5H11ClS2/c1-7-4-5-8-3-2-6/h2-5H2,1H3. The average Bonchev–Trinajstić information content (AvgIpc) is 1.81. The van der Waals surface area contributed by atoms with Gasteiger partial charge in [-0.05, 0) is 6.26 Å². The number of thioether (sulfide) groups is 2. The van der Waals surface area contributed by atoms with Gasteiger partial charge in [0.1, 0.15) is 0 Å². The lowest BCUT2D eigenvalue weighted by Gasteiger charge is -1.93. The van der Waals surface area contributed by atoms with Crippen LogP contribution in [-0.4, -0.2) is 29.4 Å². The molecule has 0 unspecified atom stereocenters. The van der Waals surface area contributed by atoms with Gasteiger partial charge in [-0.3, -0.25) is 0 Å². The maximum Gasteiger partial charge on any atom is 0.0314 e. The van der Waals surface area contributed by atoms with Crippen LogP contribution in [0.4, 0.5) is 0 Å². The molecule has 0 aromatic heterocycles. The predicted molar refractivity (Wildman–Crippen MR) is 46.4 cm³/mol. The van der Waals surface area contributed by atoms with E-state index in [1.165, 1.54) is 11.5 Å². The third kappa shape index (κ3) is 6.99. The molecule has 8 heavy (non-hydrogen) atoms. The first-order chi connectivity index (χ1) is 3.91. The number of alkyl halides is 1. The number of hydrogen-bond donors (Lipinski definition) is 0. The van der Waals surface area contributed by atoms with Crippen molar-refractivity contribution in [3.8, 4) is 0 Å². The van der Waals surface area contributed by atoms with Crippen molar-refractivity contribution in [2.24, 2.45) is 0 Å². The number of rotatable bonds is 5. The van der Waals surface area contributed by atoms with E-state index < -0.39 is 0 Å². The van der Waals surface area contributed by atoms with Crippen LogP contribution < -0.4 is 0 Å². The van der Waals surface area contributed by atoms with Crippen molar-refractivity contribution in [1.82, 2.24) is 0 Å². The number of hydrogen-bond acceptors (Lipinski definition) is 2. The van der Waals surface area contributed by atoms with Crippen LogP contribution >= 0.6 is 35.1 Å². The summed E-state index contributed by atoms with van der Waals surface area (Å²) in [6, 6.07) is 0. The maximum absolute atomic E-state index is 5.45. The molecule has 0 nitrogen and oxygen atoms in total. The van der Waals surface area contributed by atoms with Gasteiger partial charge in [-0.25, -0.2) is 0 Å². The van der Waals surface area contributed by atoms with Crippen LogP contribution in [0.3, 0.4) is 0 Å². The molecule has 0 aliphatic heterocycles. The van der Waals surface area contributed by atoms with E-state index in [9.17, 15) is 0 Å². The molecule has 0 atom stereocenters. The Bertz CT molecular complexity index is 35.4. The molecule has 0 fully saturated rings. The van der Waals surface area contributed by atoms with E-state index in [0.29, 0.717) is 0 Å². The van der Waals surface area contributed by atoms with Gasteiger partial charge in [0.25, 0.3) is 0 Å². The lowest BCUT2D eigenvalue weighted by molar-refractivity contribution is 1.48. The minimum absolute atomic E-state index is 0.791. The van der Waals surface area contributed by atoms with Crippen LogP contribution in [0.25, 0.3) is 0 Å². The normalized spacial score (nSPS) is 9.75. The zero-order chi connectivity index (χ0) is 6.24. The van der Waals surface area contributed by atoms with Crippen molar-refractivity contribution < 1.29 is 0 Å². The summed E-state index contributed by atoms with van der Waals surface area (Å²) in [7, 11) is 0. The summed E-state index contributed by atoms with van der Waals surface area (Å²) in [6.07, 6.45) is 2.13. The zero-order valence-corrected chi connectivity index (χ0v) is 7.41. The van der Waals surface area contributed by atoms with Gasteiger partial charge < -0.3 is 0 Å². The molecule has 0 aromatic rings. The fraction of sp³-hybridized carbons (Fsp3) is 1.00. The lowest BCUT2D eigenvalue weighted by atomic mass is 10.9. The van der Waals surface area contributed by atoms with E-state index in [1.54, 1.807) is 0 Å². The summed E-state index contributed by atoms with van der Waals surface area (Å²) >= 11 is 9.27. The molecular formula is C5H11ClS2. The Labute approximate surface area is 64.7 Å². The first kappa shape index (κ1) is 8.99. The second-order valence-corrected chi connectivity index (χ2v) is 3.88. The molecule has 0 N–H and O–H groups in total. The van der Waals surface area contributed by atoms with Gasteiger partial charge >= 0.3 is 0 Å². The topological polar surface area (TPSA) is 0 Å². The van der Waals surface area contributed by atoms with Gasteiger partial charge in [0.15, 0.2) is 0 Å². The van der Waals surface area contributed by atoms with Crippen molar-refractivity contribution >= 4 is 35.1 Å². The molecular weight excluding hydrogens is 160 g/mol. The Hall–Kier alpha value is 0.990. The predicted octanol–water partition coefficient (Wildman–Crippen LogP) is 2.32. The molecule has 50 valence electrons. The average molecular weight is 171 g/mol. The highest BCUT2D eigenvalue weighted by molar-refractivity contribution is 8.02. The molecule has 0 radical (unpaired) electrons. The quantitative estimate of drug-likeness (QED) is 0.459. The minimum Gasteiger partial charge on any atom is -0.165 e. The van der Waals surface area contributed by atoms with E-state index in [1.807, 2.05) is 23.5 Å². The first-order valence-corrected chi connectivity index (χ1v) is 5.62. The van der Waals surface area contributed by atoms with E-state index in [-0.39, 0.29) is 0 Å². The Balaban J connectivity index is 2.53. The van der Waals surface area contributed by atoms with Crippen molar-refractivity contribution in [3.05, 3.63) is 0 Å². The molecule has 0 aromatic carbocycles. The summed E-state index contributed by atoms with van der Waals surface area (Å²) in [5.74, 6) is 4.39. The lowest BCUT2D eigenvalue weighted by Crippen LogP contribution is -1.85. The highest BCUT2D eigenvalue weighted by Gasteiger charge is 1.84. The van der Waals surface area contributed by atoms with Crippen molar-refractivity contribution in [1.29, 1.82) is 0 Å². The maximum atomic E-state index is 5.45. The van der Waals surface area contributed by atoms with Gasteiger partial charge in [-0.1, -0.05) is 0 Å². The van der Waals surface area contributed by atoms with Gasteiger partial charge in [0.05, 0.1) is 0 Å². The van der Waals surface area contributed by atoms with Gasteiger partial charge in [-0.2, -0.15) is 23.5 Å². The van der Waals surface area contributed by atoms with Crippen molar-refractivity contribution in [3.63, 3.8) is 0 Å². The summed E-state index contributed by atoms with van der Waals surface area (Å²) in [6.45, 7) is 0. The van der Waals surface area contributed by atoms with Gasteiger partial charge in [-0.15, -0.1) is 11.6 Å². The summed E-state index contributed by atoms with van der Waals surface area (Å²) in [4.78, 5) is 0. The van der Waals surface area contributed by atoms with Crippen LogP contribution in [0, 0.1) is 0 Å². The van der Waals surface area contributed by atoms with E-state index in [4.69, 9.17) is 11.6 Å². The Kier molecular flexibility index (Phi) is 8.98. The summed E-state index contributed by atoms with van der Waals surface area (Å²) in [5, 5.41) is 0. The molecule has 0 saturated carbocycles. The zero-order valence-electron chi connectivity index (χ0n) is 5.02. The smallest absolute Gasteiger partial charge is 0.0314 e. The summed E-state index contributed by atoms with van der Waals surface area (Å²) < 4.78 is 0. The van der Waals surface area contributed by atoms with E-state index in [0.717, 1.165) is 11.6 Å². The van der Waals surface area contributed by atoms with Crippen LogP contribution in [0.1, 0.15) is 0 Å². The van der Waals surface area contributed by atoms with Crippen LogP contribution in [0.2, 0.25) is 0 Å². The molecule has 0 rings (SSSR count). The molecule has 0 spiro atoms. The van der Waals surface area contributed by atoms with E-state index >= 15 is 0 Å².